The molecule has 4 heterocycles. The molecular weight excluding hydrogens is 332 g/mol. The number of aromatic amines is 1. The van der Waals surface area contributed by atoms with Gasteiger partial charge in [0.1, 0.15) is 24.1 Å². The van der Waals surface area contributed by atoms with Gasteiger partial charge < -0.3 is 18.7 Å². The Morgan fingerprint density at radius 2 is 2.32 bits per heavy atom. The molecule has 0 saturated carbocycles. The topological polar surface area (TPSA) is 142 Å². The molecule has 0 atom stereocenters. The Hall–Kier alpha value is -3.76. The predicted octanol–water partition coefficient (Wildman–Crippen LogP) is 0.657. The average molecular weight is 342 g/mol. The second kappa shape index (κ2) is 5.70. The average Bonchev–Trinajstić information content (AvgIpc) is 3.33. The molecule has 0 aromatic carbocycles. The zero-order valence-corrected chi connectivity index (χ0v) is 12.8. The molecule has 126 valence electrons. The van der Waals surface area contributed by atoms with E-state index in [9.17, 15) is 9.59 Å². The molecule has 0 aliphatic rings. The van der Waals surface area contributed by atoms with Gasteiger partial charge in [-0.1, -0.05) is 5.16 Å². The van der Waals surface area contributed by atoms with Gasteiger partial charge in [0.2, 0.25) is 0 Å². The zero-order chi connectivity index (χ0) is 17.4. The van der Waals surface area contributed by atoms with Gasteiger partial charge >= 0.3 is 5.97 Å². The molecule has 1 N–H and O–H groups in total. The van der Waals surface area contributed by atoms with Crippen LogP contribution in [0.2, 0.25) is 0 Å². The third-order valence-corrected chi connectivity index (χ3v) is 3.42. The minimum atomic E-state index is -0.750. The van der Waals surface area contributed by atoms with Crippen LogP contribution in [-0.2, 0) is 18.4 Å². The van der Waals surface area contributed by atoms with Crippen molar-refractivity contribution in [2.45, 2.75) is 6.61 Å². The van der Waals surface area contributed by atoms with E-state index in [1.165, 1.54) is 23.2 Å². The van der Waals surface area contributed by atoms with Gasteiger partial charge in [0, 0.05) is 13.1 Å². The molecule has 11 heteroatoms. The van der Waals surface area contributed by atoms with Crippen molar-refractivity contribution in [3.05, 3.63) is 46.8 Å². The van der Waals surface area contributed by atoms with E-state index in [0.29, 0.717) is 16.7 Å². The number of hydrogen-bond donors (Lipinski definition) is 1. The van der Waals surface area contributed by atoms with Gasteiger partial charge in [-0.3, -0.25) is 9.48 Å². The lowest BCUT2D eigenvalue weighted by molar-refractivity contribution is 0.0456. The van der Waals surface area contributed by atoms with Crippen LogP contribution >= 0.6 is 0 Å². The first-order chi connectivity index (χ1) is 12.1. The van der Waals surface area contributed by atoms with E-state index in [4.69, 9.17) is 13.7 Å². The lowest BCUT2D eigenvalue weighted by atomic mass is 10.2. The van der Waals surface area contributed by atoms with Gasteiger partial charge in [-0.05, 0) is 0 Å². The molecule has 4 aromatic heterocycles. The molecule has 0 saturated heterocycles. The van der Waals surface area contributed by atoms with E-state index in [0.717, 1.165) is 6.39 Å². The summed E-state index contributed by atoms with van der Waals surface area (Å²) in [5, 5.41) is 7.99. The van der Waals surface area contributed by atoms with Crippen molar-refractivity contribution in [3.8, 4) is 11.5 Å². The molecule has 0 bridgehead atoms. The van der Waals surface area contributed by atoms with Crippen molar-refractivity contribution in [1.82, 2.24) is 29.9 Å². The maximum absolute atomic E-state index is 12.2. The lowest BCUT2D eigenvalue weighted by Gasteiger charge is -2.03. The highest BCUT2D eigenvalue weighted by Gasteiger charge is 2.22. The second-order valence-electron chi connectivity index (χ2n) is 5.01. The summed E-state index contributed by atoms with van der Waals surface area (Å²) in [5.41, 5.74) is 0.276. The van der Waals surface area contributed by atoms with Gasteiger partial charge in [0.15, 0.2) is 29.2 Å². The van der Waals surface area contributed by atoms with Crippen molar-refractivity contribution < 1.29 is 18.5 Å². The van der Waals surface area contributed by atoms with Crippen LogP contribution < -0.4 is 5.56 Å². The summed E-state index contributed by atoms with van der Waals surface area (Å²) in [4.78, 5) is 34.8. The Kier molecular flexibility index (Phi) is 3.38. The van der Waals surface area contributed by atoms with E-state index in [1.54, 1.807) is 7.05 Å². The highest BCUT2D eigenvalue weighted by molar-refractivity contribution is 5.92. The number of hydrogen-bond acceptors (Lipinski definition) is 9. The molecule has 0 fully saturated rings. The Morgan fingerprint density at radius 3 is 3.12 bits per heavy atom. The Balaban J connectivity index is 1.56. The number of ether oxygens (including phenoxy) is 1. The van der Waals surface area contributed by atoms with E-state index in [-0.39, 0.29) is 29.4 Å². The summed E-state index contributed by atoms with van der Waals surface area (Å²) in [6.07, 6.45) is 3.85. The summed E-state index contributed by atoms with van der Waals surface area (Å²) in [6, 6.07) is 1.52. The number of aromatic nitrogens is 6. The quantitative estimate of drug-likeness (QED) is 0.529. The summed E-state index contributed by atoms with van der Waals surface area (Å²) < 4.78 is 16.5. The second-order valence-corrected chi connectivity index (χ2v) is 5.01. The summed E-state index contributed by atoms with van der Waals surface area (Å²) in [6.45, 7) is -0.250. The van der Waals surface area contributed by atoms with Crippen LogP contribution in [0.1, 0.15) is 16.3 Å². The van der Waals surface area contributed by atoms with Crippen molar-refractivity contribution in [3.63, 3.8) is 0 Å². The number of nitrogens with zero attached hydrogens (tertiary/aromatic N) is 5. The first-order valence-electron chi connectivity index (χ1n) is 7.06. The first kappa shape index (κ1) is 14.8. The number of aryl methyl sites for hydroxylation is 1. The number of H-pyrrole nitrogens is 1. The van der Waals surface area contributed by atoms with Crippen LogP contribution in [0.25, 0.3) is 22.5 Å². The lowest BCUT2D eigenvalue weighted by Crippen LogP contribution is -2.15. The smallest absolute Gasteiger partial charge is 0.361 e. The maximum atomic E-state index is 12.2. The largest absolute Gasteiger partial charge is 0.453 e. The molecule has 4 aromatic rings. The Labute approximate surface area is 138 Å². The predicted molar refractivity (Wildman–Crippen MR) is 80.2 cm³/mol. The molecule has 0 aliphatic carbocycles. The van der Waals surface area contributed by atoms with Gasteiger partial charge in [0.25, 0.3) is 5.56 Å². The Bertz CT molecular complexity index is 1110. The van der Waals surface area contributed by atoms with Gasteiger partial charge in [-0.2, -0.15) is 5.10 Å². The number of fused-ring (bicyclic) bond motifs is 1. The van der Waals surface area contributed by atoms with Crippen LogP contribution in [0.5, 0.6) is 0 Å². The summed E-state index contributed by atoms with van der Waals surface area (Å²) in [7, 11) is 1.66. The SMILES string of the molecule is Cn1ncc2c(=O)[nH]c(COC(=O)c3ncoc3-c3ccon3)nc21. The highest BCUT2D eigenvalue weighted by atomic mass is 16.5. The van der Waals surface area contributed by atoms with Crippen LogP contribution in [0, 0.1) is 0 Å². The van der Waals surface area contributed by atoms with Gasteiger partial charge in [-0.25, -0.2) is 14.8 Å². The number of esters is 1. The van der Waals surface area contributed by atoms with Crippen molar-refractivity contribution in [2.75, 3.05) is 0 Å². The monoisotopic (exact) mass is 342 g/mol. The Morgan fingerprint density at radius 1 is 1.44 bits per heavy atom. The minimum absolute atomic E-state index is 0.0575. The number of oxazole rings is 1. The van der Waals surface area contributed by atoms with Gasteiger partial charge in [-0.15, -0.1) is 0 Å². The van der Waals surface area contributed by atoms with Gasteiger partial charge in [0.05, 0.1) is 6.20 Å². The van der Waals surface area contributed by atoms with Crippen LogP contribution in [-0.4, -0.2) is 35.9 Å². The molecule has 0 radical (unpaired) electrons. The van der Waals surface area contributed by atoms with Crippen molar-refractivity contribution in [2.24, 2.45) is 7.05 Å². The van der Waals surface area contributed by atoms with Crippen molar-refractivity contribution >= 4 is 17.0 Å². The number of nitrogens with one attached hydrogen (secondary N) is 1. The van der Waals surface area contributed by atoms with E-state index in [2.05, 4.69) is 25.2 Å². The van der Waals surface area contributed by atoms with Crippen LogP contribution in [0.15, 0.2) is 38.7 Å². The number of carbonyl (C=O) groups is 1. The minimum Gasteiger partial charge on any atom is -0.453 e. The van der Waals surface area contributed by atoms with Crippen LogP contribution in [0.3, 0.4) is 0 Å². The fourth-order valence-corrected chi connectivity index (χ4v) is 2.25. The molecule has 0 unspecified atom stereocenters. The molecule has 25 heavy (non-hydrogen) atoms. The number of carbonyl (C=O) groups excluding carboxylic acids is 1. The fraction of sp³-hybridized carbons (Fsp3) is 0.143. The number of rotatable bonds is 4. The van der Waals surface area contributed by atoms with E-state index >= 15 is 0 Å². The zero-order valence-electron chi connectivity index (χ0n) is 12.8. The standard InChI is InChI=1S/C14H10N6O5/c1-20-12-7(4-16-20)13(21)18-9(17-12)5-23-14(22)10-11(24-6-15-10)8-2-3-25-19-8/h2-4,6H,5H2,1H3,(H,17,18,21). The first-order valence-corrected chi connectivity index (χ1v) is 7.06. The third kappa shape index (κ3) is 2.56. The molecular formula is C14H10N6O5. The molecule has 0 amide bonds. The van der Waals surface area contributed by atoms with E-state index in [1.807, 2.05) is 0 Å². The fourth-order valence-electron chi connectivity index (χ4n) is 2.25. The molecule has 0 spiro atoms. The van der Waals surface area contributed by atoms with E-state index < -0.39 is 5.97 Å². The van der Waals surface area contributed by atoms with Crippen molar-refractivity contribution in [1.29, 1.82) is 0 Å². The summed E-state index contributed by atoms with van der Waals surface area (Å²) in [5.74, 6) is -0.442. The normalized spacial score (nSPS) is 11.1. The maximum Gasteiger partial charge on any atom is 0.361 e. The van der Waals surface area contributed by atoms with Crippen LogP contribution in [0.4, 0.5) is 0 Å². The molecule has 11 nitrogen and oxygen atoms in total. The summed E-state index contributed by atoms with van der Waals surface area (Å²) >= 11 is 0. The highest BCUT2D eigenvalue weighted by Crippen LogP contribution is 2.21. The molecule has 0 aliphatic heterocycles. The molecule has 4 rings (SSSR count). The third-order valence-electron chi connectivity index (χ3n) is 3.42.